The van der Waals surface area contributed by atoms with Crippen molar-refractivity contribution in [3.63, 3.8) is 0 Å². The first-order chi connectivity index (χ1) is 12.9. The Bertz CT molecular complexity index is 877. The minimum Gasteiger partial charge on any atom is -0.337 e. The molecule has 0 heterocycles. The average Bonchev–Trinajstić information content (AvgIpc) is 2.67. The maximum Gasteiger partial charge on any atom is 0.328 e. The number of sulfonamides is 1. The first-order valence-electron chi connectivity index (χ1n) is 8.53. The Hall–Kier alpha value is -2.32. The van der Waals surface area contributed by atoms with Crippen LogP contribution in [-0.2, 0) is 10.0 Å². The Morgan fingerprint density at radius 1 is 1.11 bits per heavy atom. The second-order valence-corrected chi connectivity index (χ2v) is 8.30. The quantitative estimate of drug-likeness (QED) is 0.395. The summed E-state index contributed by atoms with van der Waals surface area (Å²) in [5.41, 5.74) is 1.57. The zero-order chi connectivity index (χ0) is 19.7. The van der Waals surface area contributed by atoms with Gasteiger partial charge in [-0.05, 0) is 54.6 Å². The summed E-state index contributed by atoms with van der Waals surface area (Å²) in [6.45, 7) is 2.42. The summed E-state index contributed by atoms with van der Waals surface area (Å²) in [5.74, 6) is 0. The number of benzene rings is 2. The van der Waals surface area contributed by atoms with Gasteiger partial charge in [0.15, 0.2) is 0 Å². The molecular weight excluding hydrogens is 382 g/mol. The molecule has 0 aromatic heterocycles. The highest BCUT2D eigenvalue weighted by molar-refractivity contribution is 7.98. The Balaban J connectivity index is 2.00. The number of unbranched alkanes of at least 4 members (excludes halogenated alkanes) is 1. The summed E-state index contributed by atoms with van der Waals surface area (Å²) in [7, 11) is -3.90. The van der Waals surface area contributed by atoms with E-state index in [1.54, 1.807) is 30.1 Å². The predicted octanol–water partition coefficient (Wildman–Crippen LogP) is 3.95. The number of rotatable bonds is 8. The van der Waals surface area contributed by atoms with Crippen molar-refractivity contribution in [1.29, 1.82) is 0 Å². The molecule has 0 fully saturated rings. The van der Waals surface area contributed by atoms with Gasteiger partial charge in [0.1, 0.15) is 0 Å². The summed E-state index contributed by atoms with van der Waals surface area (Å²) >= 11 is 1.67. The Labute approximate surface area is 164 Å². The summed E-state index contributed by atoms with van der Waals surface area (Å²) in [6.07, 6.45) is 5.44. The van der Waals surface area contributed by atoms with E-state index in [0.717, 1.165) is 18.4 Å². The fourth-order valence-corrected chi connectivity index (χ4v) is 3.48. The number of carbonyl (C=O) groups is 1. The van der Waals surface area contributed by atoms with Gasteiger partial charge in [0.05, 0.1) is 10.6 Å². The van der Waals surface area contributed by atoms with E-state index in [1.165, 1.54) is 17.0 Å². The Morgan fingerprint density at radius 3 is 2.37 bits per heavy atom. The van der Waals surface area contributed by atoms with Crippen molar-refractivity contribution in [3.8, 4) is 0 Å². The molecule has 2 aromatic carbocycles. The van der Waals surface area contributed by atoms with Crippen LogP contribution in [-0.4, -0.2) is 33.5 Å². The third kappa shape index (κ3) is 6.73. The van der Waals surface area contributed by atoms with Gasteiger partial charge in [-0.3, -0.25) is 4.99 Å². The molecule has 0 aliphatic rings. The number of urea groups is 1. The molecule has 0 unspecified atom stereocenters. The van der Waals surface area contributed by atoms with Crippen LogP contribution in [0.15, 0.2) is 63.3 Å². The van der Waals surface area contributed by atoms with E-state index >= 15 is 0 Å². The lowest BCUT2D eigenvalue weighted by atomic mass is 10.2. The van der Waals surface area contributed by atoms with E-state index in [-0.39, 0.29) is 4.90 Å². The molecule has 2 aromatic rings. The zero-order valence-electron chi connectivity index (χ0n) is 15.3. The van der Waals surface area contributed by atoms with Crippen molar-refractivity contribution < 1.29 is 13.2 Å². The summed E-state index contributed by atoms with van der Waals surface area (Å²) in [5, 5.41) is 2.51. The fourth-order valence-electron chi connectivity index (χ4n) is 2.15. The number of thioether (sulfide) groups is 1. The van der Waals surface area contributed by atoms with Gasteiger partial charge in [-0.2, -0.15) is 0 Å². The number of hydrogen-bond acceptors (Lipinski definition) is 5. The van der Waals surface area contributed by atoms with E-state index in [0.29, 0.717) is 12.2 Å². The normalized spacial score (nSPS) is 11.5. The van der Waals surface area contributed by atoms with Gasteiger partial charge in [0.2, 0.25) is 0 Å². The molecular formula is C19H23N3O3S2. The molecule has 27 heavy (non-hydrogen) atoms. The maximum atomic E-state index is 12.2. The van der Waals surface area contributed by atoms with Crippen LogP contribution < -0.4 is 10.0 Å². The summed E-state index contributed by atoms with van der Waals surface area (Å²) < 4.78 is 26.4. The van der Waals surface area contributed by atoms with Crippen LogP contribution in [0, 0.1) is 0 Å². The lowest BCUT2D eigenvalue weighted by Gasteiger charge is -2.08. The molecule has 6 nitrogen and oxygen atoms in total. The molecule has 0 saturated heterocycles. The first kappa shape index (κ1) is 21.0. The SMILES string of the molecule is CCCCNC(=O)NS(=O)(=O)c1ccc(N=Cc2ccc(SC)cc2)cc1. The van der Waals surface area contributed by atoms with Crippen molar-refractivity contribution in [2.24, 2.45) is 4.99 Å². The minimum atomic E-state index is -3.90. The molecule has 2 amide bonds. The minimum absolute atomic E-state index is 0.0106. The van der Waals surface area contributed by atoms with Crippen LogP contribution in [0.1, 0.15) is 25.3 Å². The van der Waals surface area contributed by atoms with Gasteiger partial charge < -0.3 is 5.32 Å². The predicted molar refractivity (Wildman–Crippen MR) is 111 cm³/mol. The molecule has 0 atom stereocenters. The molecule has 2 N–H and O–H groups in total. The van der Waals surface area contributed by atoms with Crippen LogP contribution in [0.5, 0.6) is 0 Å². The molecule has 0 aliphatic carbocycles. The summed E-state index contributed by atoms with van der Waals surface area (Å²) in [4.78, 5) is 17.2. The molecule has 0 saturated carbocycles. The molecule has 0 radical (unpaired) electrons. The molecule has 0 spiro atoms. The van der Waals surface area contributed by atoms with E-state index < -0.39 is 16.1 Å². The van der Waals surface area contributed by atoms with Crippen LogP contribution in [0.2, 0.25) is 0 Å². The van der Waals surface area contributed by atoms with Gasteiger partial charge in [0, 0.05) is 17.7 Å². The number of nitrogens with zero attached hydrogens (tertiary/aromatic N) is 1. The van der Waals surface area contributed by atoms with Crippen LogP contribution >= 0.6 is 11.8 Å². The largest absolute Gasteiger partial charge is 0.337 e. The second kappa shape index (κ2) is 10.1. The molecule has 0 aliphatic heterocycles. The number of aliphatic imine (C=N–C) groups is 1. The van der Waals surface area contributed by atoms with Crippen LogP contribution in [0.4, 0.5) is 10.5 Å². The van der Waals surface area contributed by atoms with E-state index in [9.17, 15) is 13.2 Å². The van der Waals surface area contributed by atoms with Gasteiger partial charge >= 0.3 is 6.03 Å². The van der Waals surface area contributed by atoms with Crippen molar-refractivity contribution >= 4 is 39.7 Å². The number of carbonyl (C=O) groups excluding carboxylic acids is 1. The third-order valence-corrected chi connectivity index (χ3v) is 5.76. The zero-order valence-corrected chi connectivity index (χ0v) is 16.9. The van der Waals surface area contributed by atoms with Gasteiger partial charge in [-0.1, -0.05) is 25.5 Å². The highest BCUT2D eigenvalue weighted by atomic mass is 32.2. The van der Waals surface area contributed by atoms with Gasteiger partial charge in [-0.15, -0.1) is 11.8 Å². The fraction of sp³-hybridized carbons (Fsp3) is 0.263. The lowest BCUT2D eigenvalue weighted by molar-refractivity contribution is 0.245. The molecule has 0 bridgehead atoms. The topological polar surface area (TPSA) is 87.6 Å². The van der Waals surface area contributed by atoms with Gasteiger partial charge in [0.25, 0.3) is 10.0 Å². The van der Waals surface area contributed by atoms with Crippen molar-refractivity contribution in [2.45, 2.75) is 29.6 Å². The highest BCUT2D eigenvalue weighted by Gasteiger charge is 2.16. The van der Waals surface area contributed by atoms with Crippen molar-refractivity contribution in [3.05, 3.63) is 54.1 Å². The van der Waals surface area contributed by atoms with E-state index in [1.807, 2.05) is 42.2 Å². The molecule has 2 rings (SSSR count). The number of hydrogen-bond donors (Lipinski definition) is 2. The third-order valence-electron chi connectivity index (χ3n) is 3.67. The Morgan fingerprint density at radius 2 is 1.78 bits per heavy atom. The van der Waals surface area contributed by atoms with Crippen LogP contribution in [0.25, 0.3) is 0 Å². The summed E-state index contributed by atoms with van der Waals surface area (Å²) in [6, 6.07) is 13.3. The number of amides is 2. The number of nitrogens with one attached hydrogen (secondary N) is 2. The van der Waals surface area contributed by atoms with Gasteiger partial charge in [-0.25, -0.2) is 17.9 Å². The molecule has 8 heteroatoms. The van der Waals surface area contributed by atoms with E-state index in [2.05, 4.69) is 10.3 Å². The average molecular weight is 406 g/mol. The molecule has 144 valence electrons. The Kier molecular flexibility index (Phi) is 7.87. The van der Waals surface area contributed by atoms with Crippen molar-refractivity contribution in [1.82, 2.24) is 10.0 Å². The second-order valence-electron chi connectivity index (χ2n) is 5.74. The monoisotopic (exact) mass is 405 g/mol. The first-order valence-corrected chi connectivity index (χ1v) is 11.2. The smallest absolute Gasteiger partial charge is 0.328 e. The van der Waals surface area contributed by atoms with Crippen molar-refractivity contribution in [2.75, 3.05) is 12.8 Å². The maximum absolute atomic E-state index is 12.2. The standard InChI is InChI=1S/C19H23N3O3S2/c1-3-4-13-20-19(23)22-27(24,25)18-11-7-16(8-12-18)21-14-15-5-9-17(26-2)10-6-15/h5-12,14H,3-4,13H2,1-2H3,(H2,20,22,23). The van der Waals surface area contributed by atoms with E-state index in [4.69, 9.17) is 0 Å². The lowest BCUT2D eigenvalue weighted by Crippen LogP contribution is -2.39. The van der Waals surface area contributed by atoms with Crippen LogP contribution in [0.3, 0.4) is 0 Å². The highest BCUT2D eigenvalue weighted by Crippen LogP contribution is 2.18.